The molecule has 2 N–H and O–H groups in total. The van der Waals surface area contributed by atoms with Crippen molar-refractivity contribution in [1.29, 1.82) is 0 Å². The van der Waals surface area contributed by atoms with Crippen molar-refractivity contribution in [2.24, 2.45) is 18.9 Å². The Balaban J connectivity index is 1.42. The number of hydrogen-bond donors (Lipinski definition) is 1. The van der Waals surface area contributed by atoms with E-state index in [4.69, 9.17) is 15.5 Å². The number of ether oxygens (including phenoxy) is 1. The van der Waals surface area contributed by atoms with E-state index < -0.39 is 0 Å². The number of benzene rings is 1. The number of nitrogens with zero attached hydrogens (tertiary/aromatic N) is 4. The van der Waals surface area contributed by atoms with Gasteiger partial charge in [0.2, 0.25) is 0 Å². The summed E-state index contributed by atoms with van der Waals surface area (Å²) in [5, 5.41) is 0. The standard InChI is InChI=1S/C22H23N5OS/c1-26-18(10-27-8-14-11-28-12-15(14)9-27)25-19-20(26)21-16(24-22(19)23)7-17(29-21)13-5-3-2-4-6-13/h2-7,14-15H,8-12H2,1H3,(H2,23,24). The lowest BCUT2D eigenvalue weighted by molar-refractivity contribution is 0.152. The summed E-state index contributed by atoms with van der Waals surface area (Å²) >= 11 is 1.76. The largest absolute Gasteiger partial charge is 0.382 e. The van der Waals surface area contributed by atoms with Crippen LogP contribution in [-0.4, -0.2) is 45.7 Å². The lowest BCUT2D eigenvalue weighted by Crippen LogP contribution is -2.24. The maximum atomic E-state index is 6.32. The number of hydrogen-bond acceptors (Lipinski definition) is 6. The van der Waals surface area contributed by atoms with Crippen LogP contribution in [0.1, 0.15) is 5.82 Å². The number of rotatable bonds is 3. The van der Waals surface area contributed by atoms with Crippen LogP contribution < -0.4 is 5.73 Å². The molecule has 4 aromatic rings. The second kappa shape index (κ2) is 6.52. The van der Waals surface area contributed by atoms with Crippen molar-refractivity contribution < 1.29 is 4.74 Å². The zero-order valence-corrected chi connectivity index (χ0v) is 17.2. The first-order chi connectivity index (χ1) is 14.2. The minimum atomic E-state index is 0.512. The molecule has 2 aliphatic rings. The summed E-state index contributed by atoms with van der Waals surface area (Å²) in [6.45, 7) is 4.83. The van der Waals surface area contributed by atoms with Gasteiger partial charge in [-0.2, -0.15) is 0 Å². The molecule has 6 rings (SSSR count). The van der Waals surface area contributed by atoms with E-state index in [9.17, 15) is 0 Å². The SMILES string of the molecule is Cn1c(CN2CC3COCC3C2)nc2c(N)nc3cc(-c4ccccc4)sc3c21. The lowest BCUT2D eigenvalue weighted by atomic mass is 10.0. The monoisotopic (exact) mass is 405 g/mol. The van der Waals surface area contributed by atoms with Crippen molar-refractivity contribution in [2.75, 3.05) is 32.0 Å². The van der Waals surface area contributed by atoms with E-state index in [-0.39, 0.29) is 0 Å². The Kier molecular flexibility index (Phi) is 3.91. The first-order valence-electron chi connectivity index (χ1n) is 10.1. The van der Waals surface area contributed by atoms with E-state index in [0.29, 0.717) is 17.7 Å². The topological polar surface area (TPSA) is 69.2 Å². The van der Waals surface area contributed by atoms with Gasteiger partial charge in [0.25, 0.3) is 0 Å². The number of nitrogen functional groups attached to an aromatic ring is 1. The highest BCUT2D eigenvalue weighted by Crippen LogP contribution is 2.38. The molecule has 0 saturated carbocycles. The van der Waals surface area contributed by atoms with E-state index in [0.717, 1.165) is 59.9 Å². The fourth-order valence-electron chi connectivity index (χ4n) is 4.80. The quantitative estimate of drug-likeness (QED) is 0.565. The predicted molar refractivity (Wildman–Crippen MR) is 117 cm³/mol. The fraction of sp³-hybridized carbons (Fsp3) is 0.364. The number of aryl methyl sites for hydroxylation is 1. The highest BCUT2D eigenvalue weighted by atomic mass is 32.1. The van der Waals surface area contributed by atoms with Gasteiger partial charge in [-0.15, -0.1) is 11.3 Å². The molecule has 3 aromatic heterocycles. The predicted octanol–water partition coefficient (Wildman–Crippen LogP) is 3.51. The van der Waals surface area contributed by atoms with E-state index >= 15 is 0 Å². The van der Waals surface area contributed by atoms with E-state index in [2.05, 4.69) is 51.8 Å². The van der Waals surface area contributed by atoms with E-state index in [1.54, 1.807) is 11.3 Å². The van der Waals surface area contributed by atoms with Gasteiger partial charge in [-0.25, -0.2) is 9.97 Å². The molecule has 0 spiro atoms. The molecule has 2 saturated heterocycles. The average Bonchev–Trinajstić information content (AvgIpc) is 3.47. The molecule has 0 bridgehead atoms. The van der Waals surface area contributed by atoms with Crippen molar-refractivity contribution in [1.82, 2.24) is 19.4 Å². The summed E-state index contributed by atoms with van der Waals surface area (Å²) in [5.74, 6) is 2.91. The molecule has 0 radical (unpaired) electrons. The second-order valence-corrected chi connectivity index (χ2v) is 9.28. The van der Waals surface area contributed by atoms with Crippen LogP contribution in [0, 0.1) is 11.8 Å². The molecule has 0 amide bonds. The first kappa shape index (κ1) is 17.4. The number of aromatic nitrogens is 3. The van der Waals surface area contributed by atoms with Crippen LogP contribution >= 0.6 is 11.3 Å². The number of likely N-dealkylation sites (tertiary alicyclic amines) is 1. The summed E-state index contributed by atoms with van der Waals surface area (Å²) in [6.07, 6.45) is 0. The molecule has 1 aromatic carbocycles. The van der Waals surface area contributed by atoms with Gasteiger partial charge in [-0.3, -0.25) is 4.90 Å². The summed E-state index contributed by atoms with van der Waals surface area (Å²) < 4.78 is 8.98. The van der Waals surface area contributed by atoms with Crippen LogP contribution in [-0.2, 0) is 18.3 Å². The molecular formula is C22H23N5OS. The van der Waals surface area contributed by atoms with Crippen LogP contribution in [0.2, 0.25) is 0 Å². The number of nitrogens with two attached hydrogens (primary N) is 1. The average molecular weight is 406 g/mol. The third kappa shape index (κ3) is 2.76. The Hall–Kier alpha value is -2.48. The van der Waals surface area contributed by atoms with Crippen LogP contribution in [0.5, 0.6) is 0 Å². The van der Waals surface area contributed by atoms with Gasteiger partial charge < -0.3 is 15.0 Å². The van der Waals surface area contributed by atoms with Gasteiger partial charge in [0.15, 0.2) is 5.82 Å². The molecule has 29 heavy (non-hydrogen) atoms. The lowest BCUT2D eigenvalue weighted by Gasteiger charge is -2.16. The third-order valence-corrected chi connectivity index (χ3v) is 7.52. The Labute approximate surface area is 172 Å². The number of pyridine rings is 1. The highest BCUT2D eigenvalue weighted by molar-refractivity contribution is 7.23. The van der Waals surface area contributed by atoms with E-state index in [1.165, 1.54) is 10.4 Å². The second-order valence-electron chi connectivity index (χ2n) is 8.22. The Morgan fingerprint density at radius 2 is 1.90 bits per heavy atom. The van der Waals surface area contributed by atoms with Gasteiger partial charge in [0.05, 0.1) is 35.5 Å². The summed E-state index contributed by atoms with van der Waals surface area (Å²) in [4.78, 5) is 13.3. The van der Waals surface area contributed by atoms with Crippen LogP contribution in [0.4, 0.5) is 5.82 Å². The molecule has 2 unspecified atom stereocenters. The van der Waals surface area contributed by atoms with Crippen LogP contribution in [0.25, 0.3) is 31.7 Å². The number of imidazole rings is 1. The third-order valence-electron chi connectivity index (χ3n) is 6.34. The molecule has 2 fully saturated rings. The maximum absolute atomic E-state index is 6.32. The zero-order valence-electron chi connectivity index (χ0n) is 16.3. The first-order valence-corrected chi connectivity index (χ1v) is 10.9. The molecule has 5 heterocycles. The minimum Gasteiger partial charge on any atom is -0.382 e. The van der Waals surface area contributed by atoms with Crippen molar-refractivity contribution in [3.8, 4) is 10.4 Å². The minimum absolute atomic E-state index is 0.512. The molecule has 7 heteroatoms. The summed E-state index contributed by atoms with van der Waals surface area (Å²) in [5.41, 5.74) is 10.4. The molecule has 6 nitrogen and oxygen atoms in total. The molecule has 2 atom stereocenters. The zero-order chi connectivity index (χ0) is 19.5. The molecule has 2 aliphatic heterocycles. The molecule has 0 aliphatic carbocycles. The van der Waals surface area contributed by atoms with Crippen LogP contribution in [0.15, 0.2) is 36.4 Å². The van der Waals surface area contributed by atoms with Crippen molar-refractivity contribution in [3.63, 3.8) is 0 Å². The van der Waals surface area contributed by atoms with Gasteiger partial charge in [-0.05, 0) is 11.6 Å². The normalized spacial score (nSPS) is 22.1. The molecular weight excluding hydrogens is 382 g/mol. The summed E-state index contributed by atoms with van der Waals surface area (Å²) in [7, 11) is 2.10. The number of fused-ring (bicyclic) bond motifs is 4. The van der Waals surface area contributed by atoms with Gasteiger partial charge in [0.1, 0.15) is 11.3 Å². The number of thiophene rings is 1. The summed E-state index contributed by atoms with van der Waals surface area (Å²) in [6, 6.07) is 12.6. The Bertz CT molecular complexity index is 1200. The fourth-order valence-corrected chi connectivity index (χ4v) is 5.98. The van der Waals surface area contributed by atoms with Crippen molar-refractivity contribution in [3.05, 3.63) is 42.2 Å². The van der Waals surface area contributed by atoms with Crippen molar-refractivity contribution in [2.45, 2.75) is 6.54 Å². The highest BCUT2D eigenvalue weighted by Gasteiger charge is 2.37. The number of anilines is 1. The smallest absolute Gasteiger partial charge is 0.152 e. The molecule has 148 valence electrons. The van der Waals surface area contributed by atoms with Gasteiger partial charge in [0, 0.05) is 36.9 Å². The van der Waals surface area contributed by atoms with Gasteiger partial charge in [-0.1, -0.05) is 30.3 Å². The van der Waals surface area contributed by atoms with E-state index in [1.807, 2.05) is 6.07 Å². The maximum Gasteiger partial charge on any atom is 0.152 e. The Morgan fingerprint density at radius 3 is 2.66 bits per heavy atom. The van der Waals surface area contributed by atoms with Gasteiger partial charge >= 0.3 is 0 Å². The van der Waals surface area contributed by atoms with Crippen LogP contribution in [0.3, 0.4) is 0 Å². The Morgan fingerprint density at radius 1 is 1.14 bits per heavy atom. The van der Waals surface area contributed by atoms with Crippen molar-refractivity contribution >= 4 is 38.4 Å².